The average molecular weight is 485 g/mol. The maximum Gasteiger partial charge on any atom is 0.233 e. The van der Waals surface area contributed by atoms with Crippen LogP contribution in [0.1, 0.15) is 36.9 Å². The molecule has 0 bridgehead atoms. The highest BCUT2D eigenvalue weighted by atomic mass is 32.2. The van der Waals surface area contributed by atoms with Gasteiger partial charge in [-0.25, -0.2) is 0 Å². The molecule has 0 unspecified atom stereocenters. The van der Waals surface area contributed by atoms with Gasteiger partial charge in [-0.15, -0.1) is 10.2 Å². The molecule has 4 rings (SSSR count). The summed E-state index contributed by atoms with van der Waals surface area (Å²) in [6.45, 7) is 2.87. The van der Waals surface area contributed by atoms with E-state index in [4.69, 9.17) is 9.47 Å². The normalized spacial score (nSPS) is 15.5. The molecule has 3 aromatic rings. The molecule has 1 fully saturated rings. The topological polar surface area (TPSA) is 76.6 Å². The van der Waals surface area contributed by atoms with Crippen molar-refractivity contribution in [3.05, 3.63) is 53.6 Å². The Balaban J connectivity index is 1.37. The lowest BCUT2D eigenvalue weighted by atomic mass is 10.0. The first-order valence-electron chi connectivity index (χ1n) is 10.9. The molecular weight excluding hydrogens is 456 g/mol. The second-order valence-electron chi connectivity index (χ2n) is 7.69. The van der Waals surface area contributed by atoms with Gasteiger partial charge in [-0.05, 0) is 55.2 Å². The SMILES string of the molecule is CCc1ccc(Nc2nnc(SCC(=O)N3CCC[C@@H]3c3cc(OC)ccc3OC)s2)cc1. The fraction of sp³-hybridized carbons (Fsp3) is 0.375. The zero-order valence-electron chi connectivity index (χ0n) is 19.0. The lowest BCUT2D eigenvalue weighted by Crippen LogP contribution is -2.32. The van der Waals surface area contributed by atoms with Crippen LogP contribution in [0.3, 0.4) is 0 Å². The van der Waals surface area contributed by atoms with Crippen molar-refractivity contribution in [1.82, 2.24) is 15.1 Å². The Morgan fingerprint density at radius 2 is 2.00 bits per heavy atom. The molecule has 9 heteroatoms. The number of ether oxygens (including phenoxy) is 2. The van der Waals surface area contributed by atoms with Crippen molar-refractivity contribution in [3.8, 4) is 11.5 Å². The molecule has 2 aromatic carbocycles. The number of hydrogen-bond acceptors (Lipinski definition) is 8. The number of aromatic nitrogens is 2. The molecule has 1 aliphatic heterocycles. The van der Waals surface area contributed by atoms with Gasteiger partial charge in [0.2, 0.25) is 11.0 Å². The number of nitrogens with one attached hydrogen (secondary N) is 1. The lowest BCUT2D eigenvalue weighted by Gasteiger charge is -2.26. The third kappa shape index (κ3) is 5.59. The molecule has 1 amide bonds. The summed E-state index contributed by atoms with van der Waals surface area (Å²) in [6.07, 6.45) is 2.88. The number of methoxy groups -OCH3 is 2. The number of anilines is 2. The zero-order chi connectivity index (χ0) is 23.2. The Morgan fingerprint density at radius 1 is 1.18 bits per heavy atom. The van der Waals surface area contributed by atoms with Crippen LogP contribution < -0.4 is 14.8 Å². The van der Waals surface area contributed by atoms with E-state index in [0.29, 0.717) is 5.75 Å². The first kappa shape index (κ1) is 23.4. The minimum Gasteiger partial charge on any atom is -0.497 e. The molecule has 174 valence electrons. The first-order valence-corrected chi connectivity index (χ1v) is 12.7. The Hall–Kier alpha value is -2.78. The van der Waals surface area contributed by atoms with E-state index in [-0.39, 0.29) is 11.9 Å². The molecule has 0 spiro atoms. The number of likely N-dealkylation sites (tertiary alicyclic amines) is 1. The molecule has 33 heavy (non-hydrogen) atoms. The average Bonchev–Trinajstić information content (AvgIpc) is 3.52. The lowest BCUT2D eigenvalue weighted by molar-refractivity contribution is -0.129. The Labute approximate surface area is 202 Å². The van der Waals surface area contributed by atoms with Gasteiger partial charge in [0.05, 0.1) is 26.0 Å². The molecule has 1 aromatic heterocycles. The molecule has 1 aliphatic rings. The fourth-order valence-electron chi connectivity index (χ4n) is 3.96. The smallest absolute Gasteiger partial charge is 0.233 e. The van der Waals surface area contributed by atoms with E-state index in [0.717, 1.165) is 58.0 Å². The molecule has 2 heterocycles. The van der Waals surface area contributed by atoms with Gasteiger partial charge < -0.3 is 19.7 Å². The number of benzene rings is 2. The summed E-state index contributed by atoms with van der Waals surface area (Å²) in [5.74, 6) is 1.95. The first-order chi connectivity index (χ1) is 16.1. The van der Waals surface area contributed by atoms with Gasteiger partial charge in [0, 0.05) is 17.8 Å². The van der Waals surface area contributed by atoms with E-state index in [1.807, 2.05) is 35.2 Å². The zero-order valence-corrected chi connectivity index (χ0v) is 20.7. The highest BCUT2D eigenvalue weighted by Gasteiger charge is 2.32. The van der Waals surface area contributed by atoms with Crippen LogP contribution >= 0.6 is 23.1 Å². The summed E-state index contributed by atoms with van der Waals surface area (Å²) in [6, 6.07) is 14.0. The van der Waals surface area contributed by atoms with Crippen molar-refractivity contribution < 1.29 is 14.3 Å². The van der Waals surface area contributed by atoms with Crippen molar-refractivity contribution in [2.75, 3.05) is 31.8 Å². The van der Waals surface area contributed by atoms with E-state index in [1.165, 1.54) is 28.7 Å². The molecule has 1 atom stereocenters. The third-order valence-electron chi connectivity index (χ3n) is 5.71. The number of carbonyl (C=O) groups excluding carboxylic acids is 1. The minimum absolute atomic E-state index is 0.0131. The molecule has 1 N–H and O–H groups in total. The summed E-state index contributed by atoms with van der Waals surface area (Å²) in [5, 5.41) is 12.4. The van der Waals surface area contributed by atoms with Crippen LogP contribution in [0.5, 0.6) is 11.5 Å². The monoisotopic (exact) mass is 484 g/mol. The van der Waals surface area contributed by atoms with Crippen molar-refractivity contribution >= 4 is 39.8 Å². The molecule has 0 aliphatic carbocycles. The summed E-state index contributed by atoms with van der Waals surface area (Å²) >= 11 is 2.88. The van der Waals surface area contributed by atoms with Crippen molar-refractivity contribution in [2.24, 2.45) is 0 Å². The highest BCUT2D eigenvalue weighted by Crippen LogP contribution is 2.39. The van der Waals surface area contributed by atoms with Gasteiger partial charge in [0.1, 0.15) is 11.5 Å². The van der Waals surface area contributed by atoms with Crippen LogP contribution in [0.4, 0.5) is 10.8 Å². The van der Waals surface area contributed by atoms with Crippen LogP contribution in [0.15, 0.2) is 46.8 Å². The quantitative estimate of drug-likeness (QED) is 0.412. The number of hydrogen-bond donors (Lipinski definition) is 1. The van der Waals surface area contributed by atoms with Crippen LogP contribution in [-0.2, 0) is 11.2 Å². The third-order valence-corrected chi connectivity index (χ3v) is 7.66. The van der Waals surface area contributed by atoms with E-state index >= 15 is 0 Å². The van der Waals surface area contributed by atoms with E-state index in [2.05, 4.69) is 34.6 Å². The summed E-state index contributed by atoms with van der Waals surface area (Å²) < 4.78 is 11.7. The van der Waals surface area contributed by atoms with Crippen LogP contribution in [0, 0.1) is 0 Å². The van der Waals surface area contributed by atoms with Crippen molar-refractivity contribution in [2.45, 2.75) is 36.6 Å². The molecule has 1 saturated heterocycles. The van der Waals surface area contributed by atoms with E-state index < -0.39 is 0 Å². The van der Waals surface area contributed by atoms with Gasteiger partial charge in [0.25, 0.3) is 0 Å². The highest BCUT2D eigenvalue weighted by molar-refractivity contribution is 8.01. The van der Waals surface area contributed by atoms with Crippen molar-refractivity contribution in [1.29, 1.82) is 0 Å². The van der Waals surface area contributed by atoms with Gasteiger partial charge in [-0.3, -0.25) is 4.79 Å². The van der Waals surface area contributed by atoms with Crippen LogP contribution in [-0.4, -0.2) is 47.5 Å². The number of thioether (sulfide) groups is 1. The number of amides is 1. The maximum atomic E-state index is 13.1. The van der Waals surface area contributed by atoms with Crippen LogP contribution in [0.2, 0.25) is 0 Å². The van der Waals surface area contributed by atoms with Crippen LogP contribution in [0.25, 0.3) is 0 Å². The Morgan fingerprint density at radius 3 is 2.73 bits per heavy atom. The maximum absolute atomic E-state index is 13.1. The van der Waals surface area contributed by atoms with E-state index in [9.17, 15) is 4.79 Å². The molecule has 0 saturated carbocycles. The number of aryl methyl sites for hydroxylation is 1. The summed E-state index contributed by atoms with van der Waals surface area (Å²) in [7, 11) is 3.30. The number of rotatable bonds is 9. The minimum atomic E-state index is -0.0131. The second-order valence-corrected chi connectivity index (χ2v) is 9.89. The predicted octanol–water partition coefficient (Wildman–Crippen LogP) is 5.32. The Bertz CT molecular complexity index is 1090. The van der Waals surface area contributed by atoms with E-state index in [1.54, 1.807) is 14.2 Å². The Kier molecular flexibility index (Phi) is 7.72. The van der Waals surface area contributed by atoms with Gasteiger partial charge in [-0.2, -0.15) is 0 Å². The summed E-state index contributed by atoms with van der Waals surface area (Å²) in [4.78, 5) is 15.0. The number of nitrogens with zero attached hydrogens (tertiary/aromatic N) is 3. The molecule has 7 nitrogen and oxygen atoms in total. The standard InChI is InChI=1S/C24H28N4O3S2/c1-4-16-7-9-17(10-8-16)25-23-26-27-24(33-23)32-15-22(29)28-13-5-6-20(28)19-14-18(30-2)11-12-21(19)31-3/h7-12,14,20H,4-6,13,15H2,1-3H3,(H,25,26)/t20-/m1/s1. The van der Waals surface area contributed by atoms with Gasteiger partial charge in [-0.1, -0.05) is 42.2 Å². The van der Waals surface area contributed by atoms with Crippen molar-refractivity contribution in [3.63, 3.8) is 0 Å². The second kappa shape index (κ2) is 10.9. The largest absolute Gasteiger partial charge is 0.497 e. The molecular formula is C24H28N4O3S2. The number of carbonyl (C=O) groups is 1. The van der Waals surface area contributed by atoms with Gasteiger partial charge in [0.15, 0.2) is 4.34 Å². The fourth-order valence-corrected chi connectivity index (χ4v) is 5.62. The predicted molar refractivity (Wildman–Crippen MR) is 133 cm³/mol. The van der Waals surface area contributed by atoms with Gasteiger partial charge >= 0.3 is 0 Å². The molecule has 0 radical (unpaired) electrons. The summed E-state index contributed by atoms with van der Waals surface area (Å²) in [5.41, 5.74) is 3.26.